The summed E-state index contributed by atoms with van der Waals surface area (Å²) in [5.74, 6) is 0. The van der Waals surface area contributed by atoms with Crippen LogP contribution in [0.1, 0.15) is 44.1 Å². The molecule has 1 unspecified atom stereocenters. The molecule has 3 rings (SSSR count). The van der Waals surface area contributed by atoms with Gasteiger partial charge in [0, 0.05) is 25.5 Å². The fraction of sp³-hybridized carbons (Fsp3) is 0.667. The first-order valence-electron chi connectivity index (χ1n) is 7.14. The topological polar surface area (TPSA) is 34.1 Å². The van der Waals surface area contributed by atoms with Crippen LogP contribution in [-0.2, 0) is 11.3 Å². The van der Waals surface area contributed by atoms with Gasteiger partial charge >= 0.3 is 0 Å². The average Bonchev–Trinajstić information content (AvgIpc) is 3.02. The van der Waals surface area contributed by atoms with Crippen molar-refractivity contribution < 1.29 is 4.74 Å². The summed E-state index contributed by atoms with van der Waals surface area (Å²) in [6.07, 6.45) is 11.9. The molecule has 1 aromatic heterocycles. The molecule has 2 aliphatic rings. The molecule has 2 fully saturated rings. The Balaban J connectivity index is 1.42. The van der Waals surface area contributed by atoms with Crippen LogP contribution in [0.25, 0.3) is 0 Å². The van der Waals surface area contributed by atoms with Gasteiger partial charge in [-0.05, 0) is 43.4 Å². The van der Waals surface area contributed by atoms with Gasteiger partial charge in [-0.25, -0.2) is 0 Å². The highest BCUT2D eigenvalue weighted by Crippen LogP contribution is 2.43. The molecule has 1 saturated carbocycles. The van der Waals surface area contributed by atoms with E-state index in [2.05, 4.69) is 22.4 Å². The van der Waals surface area contributed by atoms with Crippen LogP contribution in [0.3, 0.4) is 0 Å². The molecule has 1 atom stereocenters. The molecular weight excluding hydrogens is 224 g/mol. The number of aromatic nitrogens is 1. The van der Waals surface area contributed by atoms with E-state index in [9.17, 15) is 0 Å². The highest BCUT2D eigenvalue weighted by Gasteiger charge is 2.41. The van der Waals surface area contributed by atoms with Crippen LogP contribution in [0.5, 0.6) is 0 Å². The van der Waals surface area contributed by atoms with Crippen molar-refractivity contribution in [2.75, 3.05) is 6.54 Å². The molecule has 0 radical (unpaired) electrons. The van der Waals surface area contributed by atoms with Crippen LogP contribution in [0.15, 0.2) is 24.5 Å². The monoisotopic (exact) mass is 246 g/mol. The van der Waals surface area contributed by atoms with E-state index in [1.807, 2.05) is 12.4 Å². The summed E-state index contributed by atoms with van der Waals surface area (Å²) in [6.45, 7) is 1.89. The molecular formula is C15H22N2O. The molecule has 0 bridgehead atoms. The van der Waals surface area contributed by atoms with Crippen LogP contribution in [0.2, 0.25) is 0 Å². The van der Waals surface area contributed by atoms with E-state index in [1.54, 1.807) is 0 Å². The summed E-state index contributed by atoms with van der Waals surface area (Å²) in [6, 6.07) is 4.11. The number of hydrogen-bond acceptors (Lipinski definition) is 3. The largest absolute Gasteiger partial charge is 0.370 e. The maximum absolute atomic E-state index is 6.27. The van der Waals surface area contributed by atoms with Crippen molar-refractivity contribution in [2.45, 2.75) is 56.8 Å². The van der Waals surface area contributed by atoms with Crippen LogP contribution in [0.4, 0.5) is 0 Å². The van der Waals surface area contributed by atoms with Gasteiger partial charge in [0.15, 0.2) is 0 Å². The van der Waals surface area contributed by atoms with Crippen LogP contribution in [-0.4, -0.2) is 23.2 Å². The molecule has 3 heteroatoms. The van der Waals surface area contributed by atoms with E-state index < -0.39 is 0 Å². The van der Waals surface area contributed by atoms with Crippen molar-refractivity contribution >= 4 is 0 Å². The maximum atomic E-state index is 6.27. The number of rotatable bonds is 4. The number of nitrogens with zero attached hydrogens (tertiary/aromatic N) is 1. The van der Waals surface area contributed by atoms with Gasteiger partial charge < -0.3 is 10.1 Å². The number of hydrogen-bond donors (Lipinski definition) is 1. The van der Waals surface area contributed by atoms with Gasteiger partial charge in [-0.1, -0.05) is 12.8 Å². The minimum atomic E-state index is 0.267. The molecule has 1 aromatic rings. The van der Waals surface area contributed by atoms with Crippen molar-refractivity contribution in [3.05, 3.63) is 30.1 Å². The Morgan fingerprint density at radius 3 is 2.78 bits per heavy atom. The van der Waals surface area contributed by atoms with Crippen LogP contribution < -0.4 is 5.32 Å². The minimum Gasteiger partial charge on any atom is -0.370 e. The van der Waals surface area contributed by atoms with Crippen molar-refractivity contribution in [3.63, 3.8) is 0 Å². The SMILES string of the molecule is c1cc(CNCC2CCC3(CCCC3)O2)ccn1. The first kappa shape index (κ1) is 12.1. The lowest BCUT2D eigenvalue weighted by Crippen LogP contribution is -2.30. The van der Waals surface area contributed by atoms with Crippen LogP contribution in [0, 0.1) is 0 Å². The van der Waals surface area contributed by atoms with Gasteiger partial charge in [-0.2, -0.15) is 0 Å². The lowest BCUT2D eigenvalue weighted by atomic mass is 9.98. The summed E-state index contributed by atoms with van der Waals surface area (Å²) in [5, 5.41) is 3.50. The Morgan fingerprint density at radius 1 is 1.22 bits per heavy atom. The maximum Gasteiger partial charge on any atom is 0.0708 e. The van der Waals surface area contributed by atoms with E-state index in [-0.39, 0.29) is 5.60 Å². The standard InChI is InChI=1S/C15H22N2O/c1-2-7-15(6-1)8-3-14(18-15)12-17-11-13-4-9-16-10-5-13/h4-5,9-10,14,17H,1-3,6-8,11-12H2. The van der Waals surface area contributed by atoms with E-state index in [0.717, 1.165) is 13.1 Å². The molecule has 2 heterocycles. The summed E-state index contributed by atoms with van der Waals surface area (Å²) in [5.41, 5.74) is 1.56. The van der Waals surface area contributed by atoms with Crippen molar-refractivity contribution in [1.82, 2.24) is 10.3 Å². The molecule has 98 valence electrons. The molecule has 0 amide bonds. The molecule has 1 spiro atoms. The van der Waals surface area contributed by atoms with Crippen molar-refractivity contribution in [2.24, 2.45) is 0 Å². The zero-order chi connectivity index (χ0) is 12.3. The molecule has 1 aliphatic heterocycles. The zero-order valence-corrected chi connectivity index (χ0v) is 10.9. The fourth-order valence-electron chi connectivity index (χ4n) is 3.30. The number of pyridine rings is 1. The zero-order valence-electron chi connectivity index (χ0n) is 10.9. The lowest BCUT2D eigenvalue weighted by molar-refractivity contribution is -0.0351. The minimum absolute atomic E-state index is 0.267. The van der Waals surface area contributed by atoms with Crippen molar-refractivity contribution in [1.29, 1.82) is 0 Å². The predicted octanol–water partition coefficient (Wildman–Crippen LogP) is 2.66. The molecule has 3 nitrogen and oxygen atoms in total. The predicted molar refractivity (Wildman–Crippen MR) is 71.2 cm³/mol. The Kier molecular flexibility index (Phi) is 3.62. The Morgan fingerprint density at radius 2 is 2.00 bits per heavy atom. The summed E-state index contributed by atoms with van der Waals surface area (Å²) >= 11 is 0. The smallest absolute Gasteiger partial charge is 0.0708 e. The second-order valence-corrected chi connectivity index (χ2v) is 5.66. The molecule has 0 aromatic carbocycles. The van der Waals surface area contributed by atoms with E-state index in [0.29, 0.717) is 6.10 Å². The first-order chi connectivity index (χ1) is 8.86. The quantitative estimate of drug-likeness (QED) is 0.887. The van der Waals surface area contributed by atoms with Gasteiger partial charge in [0.25, 0.3) is 0 Å². The first-order valence-corrected chi connectivity index (χ1v) is 7.14. The second-order valence-electron chi connectivity index (χ2n) is 5.66. The summed E-state index contributed by atoms with van der Waals surface area (Å²) in [7, 11) is 0. The fourth-order valence-corrected chi connectivity index (χ4v) is 3.30. The van der Waals surface area contributed by atoms with Crippen LogP contribution >= 0.6 is 0 Å². The molecule has 18 heavy (non-hydrogen) atoms. The highest BCUT2D eigenvalue weighted by atomic mass is 16.5. The van der Waals surface area contributed by atoms with Gasteiger partial charge in [0.1, 0.15) is 0 Å². The van der Waals surface area contributed by atoms with Gasteiger partial charge in [-0.3, -0.25) is 4.98 Å². The number of nitrogens with one attached hydrogen (secondary N) is 1. The molecule has 1 N–H and O–H groups in total. The lowest BCUT2D eigenvalue weighted by Gasteiger charge is -2.23. The molecule has 1 saturated heterocycles. The Bertz CT molecular complexity index is 373. The summed E-state index contributed by atoms with van der Waals surface area (Å²) in [4.78, 5) is 4.03. The molecule has 1 aliphatic carbocycles. The third-order valence-corrected chi connectivity index (χ3v) is 4.30. The third-order valence-electron chi connectivity index (χ3n) is 4.30. The van der Waals surface area contributed by atoms with Gasteiger partial charge in [0.05, 0.1) is 11.7 Å². The van der Waals surface area contributed by atoms with E-state index in [4.69, 9.17) is 4.74 Å². The summed E-state index contributed by atoms with van der Waals surface area (Å²) < 4.78 is 6.27. The number of ether oxygens (including phenoxy) is 1. The van der Waals surface area contributed by atoms with E-state index in [1.165, 1.54) is 44.1 Å². The van der Waals surface area contributed by atoms with Gasteiger partial charge in [-0.15, -0.1) is 0 Å². The normalized spacial score (nSPS) is 25.9. The Labute approximate surface area is 109 Å². The van der Waals surface area contributed by atoms with Crippen molar-refractivity contribution in [3.8, 4) is 0 Å². The van der Waals surface area contributed by atoms with E-state index >= 15 is 0 Å². The highest BCUT2D eigenvalue weighted by molar-refractivity contribution is 5.09. The average molecular weight is 246 g/mol. The second kappa shape index (κ2) is 5.37. The van der Waals surface area contributed by atoms with Gasteiger partial charge in [0.2, 0.25) is 0 Å². The third kappa shape index (κ3) is 2.73. The Hall–Kier alpha value is -0.930.